The van der Waals surface area contributed by atoms with Crippen LogP contribution in [0, 0.1) is 6.92 Å². The Bertz CT molecular complexity index is 1430. The maximum absolute atomic E-state index is 13.3. The van der Waals surface area contributed by atoms with Gasteiger partial charge in [-0.25, -0.2) is 18.1 Å². The smallest absolute Gasteiger partial charge is 0.252 e. The van der Waals surface area contributed by atoms with E-state index in [0.717, 1.165) is 11.3 Å². The lowest BCUT2D eigenvalue weighted by atomic mass is 10.0. The van der Waals surface area contributed by atoms with Gasteiger partial charge in [-0.15, -0.1) is 0 Å². The van der Waals surface area contributed by atoms with Crippen LogP contribution in [0.4, 0.5) is 0 Å². The largest absolute Gasteiger partial charge is 0.346 e. The van der Waals surface area contributed by atoms with Crippen molar-refractivity contribution in [3.8, 4) is 11.3 Å². The SMILES string of the molecule is Cc1nn([C@H]2CCS(=O)(=O)C2)c2nc(-c3ccccc3)cc(C(=O)NCc3ccccn3)c12. The first-order chi connectivity index (χ1) is 15.9. The second kappa shape index (κ2) is 8.40. The maximum Gasteiger partial charge on any atom is 0.252 e. The number of carbonyl (C=O) groups excluding carboxylic acids is 1. The number of fused-ring (bicyclic) bond motifs is 1. The van der Waals surface area contributed by atoms with E-state index >= 15 is 0 Å². The number of aromatic nitrogens is 4. The molecule has 0 unspecified atom stereocenters. The molecular formula is C24H23N5O3S. The standard InChI is InChI=1S/C24H23N5O3S/c1-16-22-20(24(30)26-14-18-9-5-6-11-25-18)13-21(17-7-3-2-4-8-17)27-23(22)29(28-16)19-10-12-33(31,32)15-19/h2-9,11,13,19H,10,12,14-15H2,1H3,(H,26,30)/t19-/m0/s1. The quantitative estimate of drug-likeness (QED) is 0.489. The number of nitrogens with zero attached hydrogens (tertiary/aromatic N) is 4. The summed E-state index contributed by atoms with van der Waals surface area (Å²) in [7, 11) is -3.11. The Balaban J connectivity index is 1.61. The molecule has 1 aliphatic rings. The Morgan fingerprint density at radius 3 is 2.64 bits per heavy atom. The van der Waals surface area contributed by atoms with Crippen LogP contribution in [-0.4, -0.2) is 45.6 Å². The average molecular weight is 462 g/mol. The molecule has 0 bridgehead atoms. The number of pyridine rings is 2. The van der Waals surface area contributed by atoms with Crippen molar-refractivity contribution in [2.45, 2.75) is 25.9 Å². The van der Waals surface area contributed by atoms with Crippen molar-refractivity contribution >= 4 is 26.8 Å². The highest BCUT2D eigenvalue weighted by atomic mass is 32.2. The van der Waals surface area contributed by atoms with E-state index < -0.39 is 9.84 Å². The van der Waals surface area contributed by atoms with Crippen LogP contribution in [0.25, 0.3) is 22.3 Å². The van der Waals surface area contributed by atoms with Crippen molar-refractivity contribution in [1.82, 2.24) is 25.1 Å². The van der Waals surface area contributed by atoms with E-state index in [4.69, 9.17) is 4.98 Å². The van der Waals surface area contributed by atoms with E-state index in [2.05, 4.69) is 15.4 Å². The van der Waals surface area contributed by atoms with Gasteiger partial charge < -0.3 is 5.32 Å². The normalized spacial score (nSPS) is 17.3. The highest BCUT2D eigenvalue weighted by molar-refractivity contribution is 7.91. The number of carbonyl (C=O) groups is 1. The number of nitrogens with one attached hydrogen (secondary N) is 1. The molecule has 1 atom stereocenters. The summed E-state index contributed by atoms with van der Waals surface area (Å²) in [5, 5.41) is 8.21. The summed E-state index contributed by atoms with van der Waals surface area (Å²) in [4.78, 5) is 22.4. The lowest BCUT2D eigenvalue weighted by molar-refractivity contribution is 0.0952. The van der Waals surface area contributed by atoms with Gasteiger partial charge in [-0.2, -0.15) is 5.10 Å². The first-order valence-corrected chi connectivity index (χ1v) is 12.6. The molecule has 168 valence electrons. The van der Waals surface area contributed by atoms with Crippen molar-refractivity contribution in [1.29, 1.82) is 0 Å². The van der Waals surface area contributed by atoms with Crippen LogP contribution in [0.3, 0.4) is 0 Å². The molecule has 0 aliphatic carbocycles. The van der Waals surface area contributed by atoms with Gasteiger partial charge in [-0.3, -0.25) is 9.78 Å². The summed E-state index contributed by atoms with van der Waals surface area (Å²) >= 11 is 0. The monoisotopic (exact) mass is 461 g/mol. The van der Waals surface area contributed by atoms with E-state index in [9.17, 15) is 13.2 Å². The van der Waals surface area contributed by atoms with Crippen LogP contribution in [0.2, 0.25) is 0 Å². The fourth-order valence-electron chi connectivity index (χ4n) is 4.24. The number of benzene rings is 1. The summed E-state index contributed by atoms with van der Waals surface area (Å²) in [5.41, 5.74) is 3.88. The molecule has 9 heteroatoms. The fourth-order valence-corrected chi connectivity index (χ4v) is 5.93. The van der Waals surface area contributed by atoms with Crippen LogP contribution < -0.4 is 5.32 Å². The molecule has 1 N–H and O–H groups in total. The predicted molar refractivity (Wildman–Crippen MR) is 125 cm³/mol. The van der Waals surface area contributed by atoms with Crippen LogP contribution in [0.15, 0.2) is 60.8 Å². The molecule has 1 aromatic carbocycles. The number of hydrogen-bond donors (Lipinski definition) is 1. The van der Waals surface area contributed by atoms with Gasteiger partial charge in [0.1, 0.15) is 0 Å². The van der Waals surface area contributed by atoms with E-state index in [0.29, 0.717) is 34.4 Å². The molecule has 3 aromatic heterocycles. The number of hydrogen-bond acceptors (Lipinski definition) is 6. The Kier molecular flexibility index (Phi) is 5.41. The molecule has 1 saturated heterocycles. The van der Waals surface area contributed by atoms with Gasteiger partial charge in [0.05, 0.1) is 52.1 Å². The van der Waals surface area contributed by atoms with Crippen LogP contribution >= 0.6 is 0 Å². The minimum Gasteiger partial charge on any atom is -0.346 e. The van der Waals surface area contributed by atoms with E-state index in [1.807, 2.05) is 55.5 Å². The van der Waals surface area contributed by atoms with E-state index in [1.165, 1.54) is 0 Å². The van der Waals surface area contributed by atoms with Crippen LogP contribution in [0.1, 0.15) is 34.2 Å². The molecule has 1 aliphatic heterocycles. The fraction of sp³-hybridized carbons (Fsp3) is 0.250. The third kappa shape index (κ3) is 4.23. The Labute approximate surface area is 191 Å². The summed E-state index contributed by atoms with van der Waals surface area (Å²) in [5.74, 6) is -0.0952. The van der Waals surface area contributed by atoms with Gasteiger partial charge in [0, 0.05) is 11.8 Å². The zero-order valence-electron chi connectivity index (χ0n) is 18.1. The maximum atomic E-state index is 13.3. The Hall–Kier alpha value is -3.59. The number of rotatable bonds is 5. The molecule has 1 fully saturated rings. The van der Waals surface area contributed by atoms with Gasteiger partial charge in [-0.1, -0.05) is 36.4 Å². The molecule has 1 amide bonds. The van der Waals surface area contributed by atoms with Crippen molar-refractivity contribution in [2.24, 2.45) is 0 Å². The molecule has 0 saturated carbocycles. The first-order valence-electron chi connectivity index (χ1n) is 10.7. The van der Waals surface area contributed by atoms with Crippen molar-refractivity contribution in [3.05, 3.63) is 77.7 Å². The van der Waals surface area contributed by atoms with Crippen molar-refractivity contribution in [2.75, 3.05) is 11.5 Å². The highest BCUT2D eigenvalue weighted by Crippen LogP contribution is 2.32. The second-order valence-electron chi connectivity index (χ2n) is 8.21. The summed E-state index contributed by atoms with van der Waals surface area (Å²) in [6.07, 6.45) is 2.17. The predicted octanol–water partition coefficient (Wildman–Crippen LogP) is 3.09. The second-order valence-corrected chi connectivity index (χ2v) is 10.4. The molecule has 8 nitrogen and oxygen atoms in total. The zero-order valence-corrected chi connectivity index (χ0v) is 18.9. The van der Waals surface area contributed by atoms with Gasteiger partial charge in [-0.05, 0) is 31.5 Å². The highest BCUT2D eigenvalue weighted by Gasteiger charge is 2.32. The van der Waals surface area contributed by atoms with Crippen molar-refractivity contribution < 1.29 is 13.2 Å². The summed E-state index contributed by atoms with van der Waals surface area (Å²) in [6, 6.07) is 16.6. The number of aryl methyl sites for hydroxylation is 1. The third-order valence-corrected chi connectivity index (χ3v) is 7.61. The Morgan fingerprint density at radius 1 is 1.15 bits per heavy atom. The van der Waals surface area contributed by atoms with Gasteiger partial charge in [0.2, 0.25) is 0 Å². The summed E-state index contributed by atoms with van der Waals surface area (Å²) in [6.45, 7) is 2.11. The molecule has 4 heterocycles. The third-order valence-electron chi connectivity index (χ3n) is 5.86. The lowest BCUT2D eigenvalue weighted by Gasteiger charge is -2.12. The zero-order chi connectivity index (χ0) is 23.0. The topological polar surface area (TPSA) is 107 Å². The first kappa shape index (κ1) is 21.3. The molecule has 33 heavy (non-hydrogen) atoms. The molecule has 0 radical (unpaired) electrons. The van der Waals surface area contributed by atoms with E-state index in [1.54, 1.807) is 16.9 Å². The molecule has 5 rings (SSSR count). The van der Waals surface area contributed by atoms with Crippen LogP contribution in [0.5, 0.6) is 0 Å². The average Bonchev–Trinajstić information content (AvgIpc) is 3.36. The number of amides is 1. The van der Waals surface area contributed by atoms with Crippen LogP contribution in [-0.2, 0) is 16.4 Å². The summed E-state index contributed by atoms with van der Waals surface area (Å²) < 4.78 is 25.9. The van der Waals surface area contributed by atoms with E-state index in [-0.39, 0.29) is 30.0 Å². The van der Waals surface area contributed by atoms with Gasteiger partial charge >= 0.3 is 0 Å². The lowest BCUT2D eigenvalue weighted by Crippen LogP contribution is -2.24. The van der Waals surface area contributed by atoms with Gasteiger partial charge in [0.25, 0.3) is 5.91 Å². The van der Waals surface area contributed by atoms with Crippen molar-refractivity contribution in [3.63, 3.8) is 0 Å². The number of sulfone groups is 1. The molecule has 4 aromatic rings. The Morgan fingerprint density at radius 2 is 1.94 bits per heavy atom. The minimum absolute atomic E-state index is 0.0294. The molecular weight excluding hydrogens is 438 g/mol. The molecule has 0 spiro atoms. The van der Waals surface area contributed by atoms with Gasteiger partial charge in [0.15, 0.2) is 15.5 Å². The minimum atomic E-state index is -3.11.